The minimum atomic E-state index is 0.0746. The van der Waals surface area contributed by atoms with Crippen molar-refractivity contribution in [2.24, 2.45) is 5.92 Å². The van der Waals surface area contributed by atoms with Crippen molar-refractivity contribution in [1.82, 2.24) is 10.3 Å². The molecule has 124 valence electrons. The molecule has 2 aromatic heterocycles. The molecule has 0 radical (unpaired) electrons. The first-order valence-corrected chi connectivity index (χ1v) is 9.02. The second kappa shape index (κ2) is 6.65. The van der Waals surface area contributed by atoms with Crippen molar-refractivity contribution in [3.8, 4) is 0 Å². The standard InChI is InChI=1S/C18H19N3O2S/c22-17(19-12-14-4-3-11-23-14)13-7-9-21(10-8-13)18-20-15-5-1-2-6-16(15)24-18/h1-6,11,13H,7-10,12H2,(H,19,22). The molecule has 0 spiro atoms. The maximum Gasteiger partial charge on any atom is 0.223 e. The molecule has 0 atom stereocenters. The minimum absolute atomic E-state index is 0.0746. The van der Waals surface area contributed by atoms with Gasteiger partial charge in [0, 0.05) is 19.0 Å². The van der Waals surface area contributed by atoms with Crippen molar-refractivity contribution in [1.29, 1.82) is 0 Å². The van der Waals surface area contributed by atoms with Gasteiger partial charge in [0.15, 0.2) is 5.13 Å². The van der Waals surface area contributed by atoms with Crippen LogP contribution in [0.2, 0.25) is 0 Å². The Kier molecular flexibility index (Phi) is 4.21. The molecular formula is C18H19N3O2S. The van der Waals surface area contributed by atoms with E-state index in [9.17, 15) is 4.79 Å². The van der Waals surface area contributed by atoms with Crippen LogP contribution in [-0.2, 0) is 11.3 Å². The van der Waals surface area contributed by atoms with Gasteiger partial charge in [0.25, 0.3) is 0 Å². The van der Waals surface area contributed by atoms with E-state index in [1.807, 2.05) is 30.3 Å². The van der Waals surface area contributed by atoms with Gasteiger partial charge in [-0.25, -0.2) is 4.98 Å². The van der Waals surface area contributed by atoms with Crippen molar-refractivity contribution in [3.05, 3.63) is 48.4 Å². The lowest BCUT2D eigenvalue weighted by molar-refractivity contribution is -0.125. The van der Waals surface area contributed by atoms with Crippen LogP contribution in [-0.4, -0.2) is 24.0 Å². The van der Waals surface area contributed by atoms with Gasteiger partial charge in [-0.3, -0.25) is 4.79 Å². The summed E-state index contributed by atoms with van der Waals surface area (Å²) in [5.41, 5.74) is 1.05. The summed E-state index contributed by atoms with van der Waals surface area (Å²) in [7, 11) is 0. The summed E-state index contributed by atoms with van der Waals surface area (Å²) in [6.45, 7) is 2.21. The van der Waals surface area contributed by atoms with Gasteiger partial charge in [0.2, 0.25) is 5.91 Å². The largest absolute Gasteiger partial charge is 0.467 e. The van der Waals surface area contributed by atoms with Crippen molar-refractivity contribution in [2.45, 2.75) is 19.4 Å². The molecule has 0 aliphatic carbocycles. The molecule has 0 bridgehead atoms. The first-order valence-electron chi connectivity index (χ1n) is 8.20. The molecule has 3 heterocycles. The number of benzene rings is 1. The van der Waals surface area contributed by atoms with Crippen LogP contribution in [0, 0.1) is 5.92 Å². The number of para-hydroxylation sites is 1. The highest BCUT2D eigenvalue weighted by Crippen LogP contribution is 2.31. The van der Waals surface area contributed by atoms with Crippen LogP contribution in [0.1, 0.15) is 18.6 Å². The molecule has 0 saturated carbocycles. The van der Waals surface area contributed by atoms with E-state index < -0.39 is 0 Å². The first kappa shape index (κ1) is 15.2. The number of nitrogens with zero attached hydrogens (tertiary/aromatic N) is 2. The maximum absolute atomic E-state index is 12.3. The summed E-state index contributed by atoms with van der Waals surface area (Å²) in [6.07, 6.45) is 3.35. The summed E-state index contributed by atoms with van der Waals surface area (Å²) >= 11 is 1.72. The Bertz CT molecular complexity index is 787. The third-order valence-corrected chi connectivity index (χ3v) is 5.53. The summed E-state index contributed by atoms with van der Waals surface area (Å²) < 4.78 is 6.46. The summed E-state index contributed by atoms with van der Waals surface area (Å²) in [6, 6.07) is 11.9. The Hall–Kier alpha value is -2.34. The average Bonchev–Trinajstić information content (AvgIpc) is 3.29. The number of piperidine rings is 1. The fourth-order valence-corrected chi connectivity index (χ4v) is 4.08. The minimum Gasteiger partial charge on any atom is -0.467 e. The number of nitrogens with one attached hydrogen (secondary N) is 1. The highest BCUT2D eigenvalue weighted by atomic mass is 32.1. The van der Waals surface area contributed by atoms with Crippen molar-refractivity contribution in [2.75, 3.05) is 18.0 Å². The van der Waals surface area contributed by atoms with Crippen LogP contribution in [0.3, 0.4) is 0 Å². The van der Waals surface area contributed by atoms with Crippen LogP contribution >= 0.6 is 11.3 Å². The maximum atomic E-state index is 12.3. The number of hydrogen-bond acceptors (Lipinski definition) is 5. The van der Waals surface area contributed by atoms with E-state index >= 15 is 0 Å². The van der Waals surface area contributed by atoms with E-state index in [4.69, 9.17) is 9.40 Å². The molecule has 24 heavy (non-hydrogen) atoms. The third kappa shape index (κ3) is 3.14. The zero-order valence-electron chi connectivity index (χ0n) is 13.3. The van der Waals surface area contributed by atoms with E-state index in [0.717, 1.165) is 42.3 Å². The first-order chi connectivity index (χ1) is 11.8. The van der Waals surface area contributed by atoms with Gasteiger partial charge < -0.3 is 14.6 Å². The fraction of sp³-hybridized carbons (Fsp3) is 0.333. The molecule has 1 amide bonds. The average molecular weight is 341 g/mol. The smallest absolute Gasteiger partial charge is 0.223 e. The number of thiazole rings is 1. The van der Waals surface area contributed by atoms with Crippen LogP contribution in [0.4, 0.5) is 5.13 Å². The monoisotopic (exact) mass is 341 g/mol. The summed E-state index contributed by atoms with van der Waals surface area (Å²) in [5.74, 6) is 0.983. The molecule has 3 aromatic rings. The number of carbonyl (C=O) groups is 1. The van der Waals surface area contributed by atoms with E-state index in [0.29, 0.717) is 6.54 Å². The lowest BCUT2D eigenvalue weighted by Crippen LogP contribution is -2.40. The Morgan fingerprint density at radius 3 is 2.83 bits per heavy atom. The number of rotatable bonds is 4. The Balaban J connectivity index is 1.33. The summed E-state index contributed by atoms with van der Waals surface area (Å²) in [5, 5.41) is 4.03. The number of hydrogen-bond donors (Lipinski definition) is 1. The quantitative estimate of drug-likeness (QED) is 0.790. The Morgan fingerprint density at radius 1 is 1.25 bits per heavy atom. The fourth-order valence-electron chi connectivity index (χ4n) is 3.06. The third-order valence-electron chi connectivity index (χ3n) is 4.44. The number of carbonyl (C=O) groups excluding carboxylic acids is 1. The molecule has 1 saturated heterocycles. The van der Waals surface area contributed by atoms with E-state index in [1.54, 1.807) is 17.6 Å². The van der Waals surface area contributed by atoms with E-state index in [1.165, 1.54) is 4.70 Å². The van der Waals surface area contributed by atoms with Gasteiger partial charge in [-0.15, -0.1) is 0 Å². The van der Waals surface area contributed by atoms with Crippen LogP contribution in [0.5, 0.6) is 0 Å². The Morgan fingerprint density at radius 2 is 2.08 bits per heavy atom. The van der Waals surface area contributed by atoms with Gasteiger partial charge in [-0.2, -0.15) is 0 Å². The van der Waals surface area contributed by atoms with Gasteiger partial charge >= 0.3 is 0 Å². The van der Waals surface area contributed by atoms with Crippen molar-refractivity contribution in [3.63, 3.8) is 0 Å². The van der Waals surface area contributed by atoms with Crippen LogP contribution in [0.15, 0.2) is 47.1 Å². The van der Waals surface area contributed by atoms with Gasteiger partial charge in [-0.05, 0) is 37.1 Å². The highest BCUT2D eigenvalue weighted by Gasteiger charge is 2.26. The number of amides is 1. The molecule has 5 nitrogen and oxygen atoms in total. The lowest BCUT2D eigenvalue weighted by atomic mass is 9.96. The van der Waals surface area contributed by atoms with Gasteiger partial charge in [-0.1, -0.05) is 23.5 Å². The molecule has 1 aromatic carbocycles. The number of anilines is 1. The number of fused-ring (bicyclic) bond motifs is 1. The van der Waals surface area contributed by atoms with Crippen LogP contribution < -0.4 is 10.2 Å². The second-order valence-corrected chi connectivity index (χ2v) is 7.03. The molecule has 1 aliphatic rings. The molecule has 1 N–H and O–H groups in total. The molecular weight excluding hydrogens is 322 g/mol. The van der Waals surface area contributed by atoms with E-state index in [-0.39, 0.29) is 11.8 Å². The van der Waals surface area contributed by atoms with Gasteiger partial charge in [0.05, 0.1) is 23.0 Å². The molecule has 0 unspecified atom stereocenters. The zero-order chi connectivity index (χ0) is 16.4. The van der Waals surface area contributed by atoms with Crippen molar-refractivity contribution < 1.29 is 9.21 Å². The molecule has 4 rings (SSSR count). The van der Waals surface area contributed by atoms with Crippen LogP contribution in [0.25, 0.3) is 10.2 Å². The Labute approximate surface area is 144 Å². The second-order valence-electron chi connectivity index (χ2n) is 6.02. The van der Waals surface area contributed by atoms with Crippen molar-refractivity contribution >= 4 is 32.6 Å². The predicted molar refractivity (Wildman–Crippen MR) is 95.1 cm³/mol. The zero-order valence-corrected chi connectivity index (χ0v) is 14.1. The summed E-state index contributed by atoms with van der Waals surface area (Å²) in [4.78, 5) is 19.3. The predicted octanol–water partition coefficient (Wildman–Crippen LogP) is 3.42. The topological polar surface area (TPSA) is 58.4 Å². The highest BCUT2D eigenvalue weighted by molar-refractivity contribution is 7.22. The SMILES string of the molecule is O=C(NCc1ccco1)C1CCN(c2nc3ccccc3s2)CC1. The number of aromatic nitrogens is 1. The molecule has 1 fully saturated rings. The van der Waals surface area contributed by atoms with Gasteiger partial charge in [0.1, 0.15) is 5.76 Å². The number of furan rings is 1. The lowest BCUT2D eigenvalue weighted by Gasteiger charge is -2.30. The molecule has 6 heteroatoms. The van der Waals surface area contributed by atoms with E-state index in [2.05, 4.69) is 16.3 Å². The molecule has 1 aliphatic heterocycles. The normalized spacial score (nSPS) is 15.8.